The molecule has 2 amide bonds. The van der Waals surface area contributed by atoms with E-state index in [9.17, 15) is 14.4 Å². The number of amides is 2. The van der Waals surface area contributed by atoms with E-state index in [0.29, 0.717) is 11.4 Å². The van der Waals surface area contributed by atoms with Gasteiger partial charge >= 0.3 is 5.97 Å². The van der Waals surface area contributed by atoms with Crippen LogP contribution in [-0.2, 0) is 14.4 Å². The number of rotatable bonds is 7. The van der Waals surface area contributed by atoms with Crippen LogP contribution >= 0.6 is 0 Å². The van der Waals surface area contributed by atoms with E-state index in [1.165, 1.54) is 13.1 Å². The molecule has 0 heterocycles. The number of hydrogen-bond donors (Lipinski definition) is 4. The average molecular weight is 316 g/mol. The van der Waals surface area contributed by atoms with Gasteiger partial charge in [0.25, 0.3) is 5.91 Å². The summed E-state index contributed by atoms with van der Waals surface area (Å²) < 4.78 is 0. The lowest BCUT2D eigenvalue weighted by molar-refractivity contribution is -0.136. The number of hydrogen-bond acceptors (Lipinski definition) is 5. The van der Waals surface area contributed by atoms with Crippen molar-refractivity contribution >= 4 is 29.2 Å². The maximum absolute atomic E-state index is 11.7. The molecule has 0 aliphatic heterocycles. The molecule has 0 aromatic heterocycles. The molecular formula is C15H16N4O4. The van der Waals surface area contributed by atoms with Crippen LogP contribution in [0, 0.1) is 11.3 Å². The Morgan fingerprint density at radius 2 is 2.00 bits per heavy atom. The molecule has 0 saturated carbocycles. The number of carbonyl (C=O) groups excluding carboxylic acids is 2. The highest BCUT2D eigenvalue weighted by Crippen LogP contribution is 2.15. The Labute approximate surface area is 132 Å². The van der Waals surface area contributed by atoms with Crippen LogP contribution in [0.1, 0.15) is 13.3 Å². The molecule has 23 heavy (non-hydrogen) atoms. The van der Waals surface area contributed by atoms with Crippen LogP contribution < -0.4 is 16.0 Å². The fraction of sp³-hybridized carbons (Fsp3) is 0.200. The monoisotopic (exact) mass is 316 g/mol. The summed E-state index contributed by atoms with van der Waals surface area (Å²) in [7, 11) is 0. The van der Waals surface area contributed by atoms with Crippen molar-refractivity contribution in [2.24, 2.45) is 0 Å². The van der Waals surface area contributed by atoms with Crippen molar-refractivity contribution in [3.63, 3.8) is 0 Å². The Morgan fingerprint density at radius 3 is 2.61 bits per heavy atom. The molecule has 8 nitrogen and oxygen atoms in total. The molecule has 0 spiro atoms. The topological polar surface area (TPSA) is 131 Å². The minimum atomic E-state index is -1.04. The fourth-order valence-corrected chi connectivity index (χ4v) is 1.57. The summed E-state index contributed by atoms with van der Waals surface area (Å²) in [4.78, 5) is 33.1. The molecule has 0 saturated heterocycles. The fourth-order valence-electron chi connectivity index (χ4n) is 1.57. The lowest BCUT2D eigenvalue weighted by Crippen LogP contribution is -2.27. The molecule has 0 fully saturated rings. The van der Waals surface area contributed by atoms with Gasteiger partial charge in [-0.05, 0) is 18.2 Å². The minimum absolute atomic E-state index is 0.0643. The van der Waals surface area contributed by atoms with Crippen molar-refractivity contribution in [1.29, 1.82) is 5.26 Å². The second-order valence-electron chi connectivity index (χ2n) is 4.48. The third kappa shape index (κ3) is 6.77. The van der Waals surface area contributed by atoms with E-state index in [1.807, 2.05) is 0 Å². The molecule has 0 radical (unpaired) electrons. The van der Waals surface area contributed by atoms with Crippen molar-refractivity contribution in [3.05, 3.63) is 36.0 Å². The van der Waals surface area contributed by atoms with Gasteiger partial charge in [-0.1, -0.05) is 6.07 Å². The summed E-state index contributed by atoms with van der Waals surface area (Å²) in [5.41, 5.74) is 0.947. The zero-order chi connectivity index (χ0) is 17.2. The lowest BCUT2D eigenvalue weighted by Gasteiger charge is -2.06. The average Bonchev–Trinajstić information content (AvgIpc) is 2.47. The van der Waals surface area contributed by atoms with Gasteiger partial charge in [-0.2, -0.15) is 5.26 Å². The van der Waals surface area contributed by atoms with E-state index in [4.69, 9.17) is 10.4 Å². The highest BCUT2D eigenvalue weighted by Gasteiger charge is 2.09. The summed E-state index contributed by atoms with van der Waals surface area (Å²) in [6.45, 7) is 1.32. The van der Waals surface area contributed by atoms with Gasteiger partial charge in [0.2, 0.25) is 5.91 Å². The Bertz CT molecular complexity index is 676. The first-order valence-corrected chi connectivity index (χ1v) is 6.67. The summed E-state index contributed by atoms with van der Waals surface area (Å²) in [5, 5.41) is 25.2. The Morgan fingerprint density at radius 1 is 1.30 bits per heavy atom. The van der Waals surface area contributed by atoms with Crippen LogP contribution in [0.2, 0.25) is 0 Å². The van der Waals surface area contributed by atoms with Crippen LogP contribution in [0.15, 0.2) is 36.0 Å². The zero-order valence-electron chi connectivity index (χ0n) is 12.4. The summed E-state index contributed by atoms with van der Waals surface area (Å²) >= 11 is 0. The summed E-state index contributed by atoms with van der Waals surface area (Å²) in [6, 6.07) is 8.44. The molecule has 1 aromatic carbocycles. The standard InChI is InChI=1S/C15H16N4O4/c1-10(20)19-13-4-2-3-12(7-13)18-9-11(8-16)15(23)17-6-5-14(21)22/h2-4,7,9,18H,5-6H2,1H3,(H,17,23)(H,19,20)(H,21,22)/b11-9-. The van der Waals surface area contributed by atoms with E-state index in [-0.39, 0.29) is 24.4 Å². The van der Waals surface area contributed by atoms with Crippen molar-refractivity contribution in [3.8, 4) is 6.07 Å². The van der Waals surface area contributed by atoms with Gasteiger partial charge in [-0.15, -0.1) is 0 Å². The molecule has 0 bridgehead atoms. The predicted octanol–water partition coefficient (Wildman–Crippen LogP) is 1.06. The second-order valence-corrected chi connectivity index (χ2v) is 4.48. The molecule has 8 heteroatoms. The number of carbonyl (C=O) groups is 3. The summed E-state index contributed by atoms with van der Waals surface area (Å²) in [5.74, 6) is -1.92. The third-order valence-electron chi connectivity index (χ3n) is 2.56. The van der Waals surface area contributed by atoms with Crippen molar-refractivity contribution in [1.82, 2.24) is 5.32 Å². The first kappa shape index (κ1) is 17.7. The Kier molecular flexibility index (Phi) is 6.81. The van der Waals surface area contributed by atoms with Gasteiger partial charge < -0.3 is 21.1 Å². The molecule has 4 N–H and O–H groups in total. The van der Waals surface area contributed by atoms with E-state index in [2.05, 4.69) is 16.0 Å². The number of nitrogens with zero attached hydrogens (tertiary/aromatic N) is 1. The van der Waals surface area contributed by atoms with Gasteiger partial charge in [0.15, 0.2) is 0 Å². The van der Waals surface area contributed by atoms with E-state index in [0.717, 1.165) is 0 Å². The van der Waals surface area contributed by atoms with Gasteiger partial charge in [0.1, 0.15) is 11.6 Å². The van der Waals surface area contributed by atoms with Crippen LogP contribution in [0.4, 0.5) is 11.4 Å². The highest BCUT2D eigenvalue weighted by atomic mass is 16.4. The second kappa shape index (κ2) is 8.84. The number of nitrogens with one attached hydrogen (secondary N) is 3. The maximum Gasteiger partial charge on any atom is 0.305 e. The largest absolute Gasteiger partial charge is 0.481 e. The van der Waals surface area contributed by atoms with E-state index >= 15 is 0 Å². The van der Waals surface area contributed by atoms with Gasteiger partial charge in [0, 0.05) is 31.0 Å². The first-order chi connectivity index (χ1) is 10.9. The van der Waals surface area contributed by atoms with E-state index < -0.39 is 11.9 Å². The van der Waals surface area contributed by atoms with Crippen molar-refractivity contribution in [2.75, 3.05) is 17.2 Å². The normalized spacial score (nSPS) is 10.3. The molecule has 1 aromatic rings. The quantitative estimate of drug-likeness (QED) is 0.439. The smallest absolute Gasteiger partial charge is 0.305 e. The summed E-state index contributed by atoms with van der Waals surface area (Å²) in [6.07, 6.45) is 0.986. The van der Waals surface area contributed by atoms with E-state index in [1.54, 1.807) is 30.3 Å². The first-order valence-electron chi connectivity index (χ1n) is 6.67. The van der Waals surface area contributed by atoms with Crippen molar-refractivity contribution in [2.45, 2.75) is 13.3 Å². The molecule has 1 rings (SSSR count). The highest BCUT2D eigenvalue weighted by molar-refractivity contribution is 5.97. The van der Waals surface area contributed by atoms with Crippen LogP contribution in [-0.4, -0.2) is 29.4 Å². The molecule has 0 atom stereocenters. The van der Waals surface area contributed by atoms with Crippen LogP contribution in [0.25, 0.3) is 0 Å². The molecule has 120 valence electrons. The van der Waals surface area contributed by atoms with Crippen LogP contribution in [0.5, 0.6) is 0 Å². The van der Waals surface area contributed by atoms with Gasteiger partial charge in [0.05, 0.1) is 6.42 Å². The number of aliphatic carboxylic acids is 1. The Balaban J connectivity index is 2.69. The SMILES string of the molecule is CC(=O)Nc1cccc(N/C=C(/C#N)C(=O)NCCC(=O)O)c1. The third-order valence-corrected chi connectivity index (χ3v) is 2.56. The molecule has 0 aliphatic rings. The Hall–Kier alpha value is -3.34. The number of benzene rings is 1. The zero-order valence-corrected chi connectivity index (χ0v) is 12.4. The number of nitriles is 1. The lowest BCUT2D eigenvalue weighted by atomic mass is 10.2. The van der Waals surface area contributed by atoms with Crippen molar-refractivity contribution < 1.29 is 19.5 Å². The molecule has 0 unspecified atom stereocenters. The van der Waals surface area contributed by atoms with Gasteiger partial charge in [-0.25, -0.2) is 0 Å². The number of carboxylic acids is 1. The van der Waals surface area contributed by atoms with Crippen LogP contribution in [0.3, 0.4) is 0 Å². The molecular weight excluding hydrogens is 300 g/mol. The minimum Gasteiger partial charge on any atom is -0.481 e. The maximum atomic E-state index is 11.7. The number of anilines is 2. The number of carboxylic acid groups (broad SMARTS) is 1. The molecule has 0 aliphatic carbocycles. The van der Waals surface area contributed by atoms with Gasteiger partial charge in [-0.3, -0.25) is 14.4 Å². The predicted molar refractivity (Wildman–Crippen MR) is 83.3 cm³/mol.